The molecule has 90 valence electrons. The van der Waals surface area contributed by atoms with Gasteiger partial charge in [0, 0.05) is 0 Å². The SMILES string of the molecule is [CH2-]CC([CH2-])OC(=O)C(C)(C)C.[CH3-].[Cm].[Cm]. The molecule has 0 fully saturated rings. The Bertz CT molecular complexity index is 142. The Morgan fingerprint density at radius 2 is 1.71 bits per heavy atom. The van der Waals surface area contributed by atoms with Crippen LogP contribution in [0.2, 0.25) is 0 Å². The third kappa shape index (κ3) is 7.58. The van der Waals surface area contributed by atoms with Crippen LogP contribution < -0.4 is 0 Å². The minimum absolute atomic E-state index is 0. The van der Waals surface area contributed by atoms with Crippen LogP contribution in [0.1, 0.15) is 27.2 Å². The van der Waals surface area contributed by atoms with Crippen LogP contribution in [0.15, 0.2) is 0 Å². The Balaban J connectivity index is -0.000000167. The van der Waals surface area contributed by atoms with Crippen molar-refractivity contribution in [3.63, 3.8) is 0 Å². The fourth-order valence-corrected chi connectivity index (χ4v) is 0.387. The van der Waals surface area contributed by atoms with Gasteiger partial charge in [-0.2, -0.15) is 6.42 Å². The van der Waals surface area contributed by atoms with Crippen LogP contribution in [0.4, 0.5) is 0 Å². The largest absolute Gasteiger partial charge is 0.498 e. The van der Waals surface area contributed by atoms with Crippen molar-refractivity contribution in [3.8, 4) is 0 Å². The fourth-order valence-electron chi connectivity index (χ4n) is 0.387. The van der Waals surface area contributed by atoms with Crippen LogP contribution >= 0.6 is 0 Å². The summed E-state index contributed by atoms with van der Waals surface area (Å²) in [4.78, 5) is 11.1. The molecule has 0 aromatic carbocycles. The molecule has 0 N–H and O–H groups in total. The van der Waals surface area contributed by atoms with E-state index < -0.39 is 5.41 Å². The van der Waals surface area contributed by atoms with Gasteiger partial charge >= 0.3 is 5.97 Å². The van der Waals surface area contributed by atoms with Crippen molar-refractivity contribution in [2.24, 2.45) is 5.41 Å². The smallest absolute Gasteiger partial charge is 0.308 e. The van der Waals surface area contributed by atoms with Gasteiger partial charge in [0.1, 0.15) is 0 Å². The van der Waals surface area contributed by atoms with E-state index in [2.05, 4.69) is 13.8 Å². The first-order valence-corrected chi connectivity index (χ1v) is 3.71. The molecule has 4 heteroatoms. The zero-order chi connectivity index (χ0) is 9.07. The second-order valence-electron chi connectivity index (χ2n) is 3.57. The number of esters is 1. The second-order valence-corrected chi connectivity index (χ2v) is 3.57. The molecular formula is C10H19Cm2O2-3. The van der Waals surface area contributed by atoms with Gasteiger partial charge in [-0.1, -0.05) is 0 Å². The zero-order valence-electron chi connectivity index (χ0n) is 9.22. The van der Waals surface area contributed by atoms with E-state index in [1.807, 2.05) is 20.8 Å². The minimum atomic E-state index is -0.439. The summed E-state index contributed by atoms with van der Waals surface area (Å²) in [7, 11) is 0. The molecule has 1 unspecified atom stereocenters. The molecule has 14 heavy (non-hydrogen) atoms. The molecule has 0 saturated carbocycles. The summed E-state index contributed by atoms with van der Waals surface area (Å²) in [5, 5.41) is 0. The van der Waals surface area contributed by atoms with Crippen LogP contribution in [0.3, 0.4) is 0 Å². The van der Waals surface area contributed by atoms with Gasteiger partial charge in [0.15, 0.2) is 0 Å². The number of hydrogen-bond acceptors (Lipinski definition) is 2. The summed E-state index contributed by atoms with van der Waals surface area (Å²) in [6.07, 6.45) is 0.198. The second kappa shape index (κ2) is 7.14. The van der Waals surface area contributed by atoms with Gasteiger partial charge in [0.05, 0.1) is 5.41 Å². The first kappa shape index (κ1) is 22.5. The Labute approximate surface area is 76.3 Å². The summed E-state index contributed by atoms with van der Waals surface area (Å²) in [6, 6.07) is 0. The third-order valence-corrected chi connectivity index (χ3v) is 1.21. The Hall–Kier alpha value is -2.53. The van der Waals surface area contributed by atoms with Crippen molar-refractivity contribution in [2.75, 3.05) is 0 Å². The molecule has 2 nitrogen and oxygen atoms in total. The molecule has 0 aromatic rings. The van der Waals surface area contributed by atoms with Crippen molar-refractivity contribution in [2.45, 2.75) is 33.3 Å². The maximum atomic E-state index is 11.1. The minimum Gasteiger partial charge on any atom is -0.498 e. The van der Waals surface area contributed by atoms with Crippen molar-refractivity contribution >= 4 is 5.97 Å². The van der Waals surface area contributed by atoms with E-state index in [9.17, 15) is 4.79 Å². The van der Waals surface area contributed by atoms with E-state index in [-0.39, 0.29) is 19.5 Å². The van der Waals surface area contributed by atoms with E-state index >= 15 is 0 Å². The monoisotopic (exact) mass is 657 g/mol. The summed E-state index contributed by atoms with van der Waals surface area (Å²) in [5.74, 6) is -0.221. The van der Waals surface area contributed by atoms with Gasteiger partial charge in [-0.15, -0.1) is 0 Å². The summed E-state index contributed by atoms with van der Waals surface area (Å²) in [5.41, 5.74) is -0.439. The van der Waals surface area contributed by atoms with Crippen LogP contribution in [-0.2, 0) is 9.53 Å². The van der Waals surface area contributed by atoms with Crippen molar-refractivity contribution in [1.82, 2.24) is 0 Å². The number of carbonyl (C=O) groups is 1. The molecule has 0 aliphatic heterocycles. The maximum Gasteiger partial charge on any atom is 0.308 e. The van der Waals surface area contributed by atoms with Crippen LogP contribution in [0.5, 0.6) is 0 Å². The molecule has 0 aliphatic carbocycles. The number of rotatable bonds is 2. The zero-order valence-corrected chi connectivity index (χ0v) is 15.1. The number of hydrogen-bond donors (Lipinski definition) is 0. The quantitative estimate of drug-likeness (QED) is 0.335. The van der Waals surface area contributed by atoms with E-state index in [1.54, 1.807) is 0 Å². The Morgan fingerprint density at radius 3 is 1.93 bits per heavy atom. The molecule has 0 radical (unpaired) electrons. The van der Waals surface area contributed by atoms with E-state index in [0.717, 1.165) is 0 Å². The first-order chi connectivity index (χ1) is 4.88. The molecule has 0 amide bonds. The predicted octanol–water partition coefficient (Wildman–Crippen LogP) is 2.45. The van der Waals surface area contributed by atoms with E-state index in [1.165, 1.54) is 0 Å². The molecule has 0 rings (SSSR count). The van der Waals surface area contributed by atoms with Crippen molar-refractivity contribution in [3.05, 3.63) is 21.3 Å². The van der Waals surface area contributed by atoms with Crippen molar-refractivity contribution < 1.29 is 9.53 Å². The van der Waals surface area contributed by atoms with Gasteiger partial charge in [0.2, 0.25) is 0 Å². The fraction of sp³-hybridized carbons (Fsp3) is 0.600. The van der Waals surface area contributed by atoms with Gasteiger partial charge in [0.25, 0.3) is 0 Å². The Kier molecular flexibility index (Phi) is 11.5. The van der Waals surface area contributed by atoms with Gasteiger partial charge < -0.3 is 26.0 Å². The summed E-state index contributed by atoms with van der Waals surface area (Å²) < 4.78 is 4.95. The third-order valence-electron chi connectivity index (χ3n) is 1.21. The van der Waals surface area contributed by atoms with Crippen LogP contribution in [0, 0.1) is 26.7 Å². The molecule has 0 spiro atoms. The van der Waals surface area contributed by atoms with Gasteiger partial charge in [-0.25, -0.2) is 0 Å². The summed E-state index contributed by atoms with van der Waals surface area (Å²) >= 11 is 0. The molecule has 0 bridgehead atoms. The standard InChI is InChI=1S/C9H16O2.CH3.2Cm/c1-6-7(2)11-8(10)9(3,4)5;;;/h7H,1-2,6H2,3-5H3;1H3;;/q-2;-1;;. The first-order valence-electron chi connectivity index (χ1n) is 3.71. The topological polar surface area (TPSA) is 26.3 Å². The maximum absolute atomic E-state index is 11.1. The van der Waals surface area contributed by atoms with E-state index in [4.69, 9.17) is 4.74 Å². The molecule has 0 aliphatic rings. The number of carbonyl (C=O) groups excluding carboxylic acids is 1. The number of ether oxygens (including phenoxy) is 1. The predicted molar refractivity (Wildman–Crippen MR) is 51.1 cm³/mol. The molecule has 0 aromatic heterocycles. The molecule has 0 heterocycles. The van der Waals surface area contributed by atoms with Gasteiger partial charge in [-0.3, -0.25) is 4.79 Å². The van der Waals surface area contributed by atoms with Crippen LogP contribution in [0.25, 0.3) is 0 Å². The Morgan fingerprint density at radius 1 is 1.36 bits per heavy atom. The summed E-state index contributed by atoms with van der Waals surface area (Å²) in [6.45, 7) is 12.6. The van der Waals surface area contributed by atoms with Crippen molar-refractivity contribution in [1.29, 1.82) is 0 Å². The van der Waals surface area contributed by atoms with Crippen LogP contribution in [-0.4, -0.2) is 12.1 Å². The normalized spacial score (nSPS) is 11.2. The average molecular weight is 665 g/mol. The van der Waals surface area contributed by atoms with Gasteiger partial charge in [-0.05, 0) is 26.9 Å². The van der Waals surface area contributed by atoms with E-state index in [0.29, 0.717) is 6.42 Å². The molecule has 1 atom stereocenters. The molecular weight excluding hydrogens is 646 g/mol. The molecule has 0 saturated heterocycles. The average Bonchev–Trinajstić information content (AvgIpc) is 1.85.